The first-order valence-corrected chi connectivity index (χ1v) is 5.35. The summed E-state index contributed by atoms with van der Waals surface area (Å²) in [5.41, 5.74) is 6.94. The first kappa shape index (κ1) is 9.63. The predicted octanol–water partition coefficient (Wildman–Crippen LogP) is 1.59. The second kappa shape index (κ2) is 3.47. The lowest BCUT2D eigenvalue weighted by atomic mass is 9.93. The van der Waals surface area contributed by atoms with Crippen molar-refractivity contribution in [3.05, 3.63) is 42.0 Å². The highest BCUT2D eigenvalue weighted by Crippen LogP contribution is 2.36. The van der Waals surface area contributed by atoms with Crippen LogP contribution in [0.15, 0.2) is 36.4 Å². The zero-order valence-electron chi connectivity index (χ0n) is 8.76. The molecule has 0 unspecified atom stereocenters. The highest BCUT2D eigenvalue weighted by Gasteiger charge is 2.27. The van der Waals surface area contributed by atoms with E-state index >= 15 is 0 Å². The molecule has 1 aliphatic rings. The molecule has 2 atom stereocenters. The topological polar surface area (TPSA) is 55.5 Å². The third-order valence-corrected chi connectivity index (χ3v) is 3.09. The van der Waals surface area contributed by atoms with Crippen LogP contribution in [0.3, 0.4) is 0 Å². The van der Waals surface area contributed by atoms with Crippen LogP contribution in [0.2, 0.25) is 0 Å². The molecule has 3 N–H and O–H groups in total. The van der Waals surface area contributed by atoms with E-state index < -0.39 is 6.10 Å². The standard InChI is InChI=1S/C13H13NO2/c14-13-10(15)7-16-11-6-5-8-3-1-2-4-9(8)12(11)13/h1-6,10,13,15H,7,14H2/t10-,13-/m1/s1. The molecule has 3 heteroatoms. The molecule has 82 valence electrons. The van der Waals surface area contributed by atoms with Gasteiger partial charge >= 0.3 is 0 Å². The predicted molar refractivity (Wildman–Crippen MR) is 62.4 cm³/mol. The largest absolute Gasteiger partial charge is 0.490 e. The van der Waals surface area contributed by atoms with Crippen LogP contribution < -0.4 is 10.5 Å². The number of aliphatic hydroxyl groups is 1. The second-order valence-electron chi connectivity index (χ2n) is 4.10. The van der Waals surface area contributed by atoms with Crippen LogP contribution >= 0.6 is 0 Å². The first-order valence-electron chi connectivity index (χ1n) is 5.35. The fourth-order valence-electron chi connectivity index (χ4n) is 2.22. The van der Waals surface area contributed by atoms with Crippen molar-refractivity contribution in [2.75, 3.05) is 6.61 Å². The third kappa shape index (κ3) is 1.29. The van der Waals surface area contributed by atoms with E-state index in [-0.39, 0.29) is 12.6 Å². The molecule has 2 aromatic rings. The van der Waals surface area contributed by atoms with E-state index in [1.54, 1.807) is 0 Å². The van der Waals surface area contributed by atoms with Gasteiger partial charge < -0.3 is 15.6 Å². The van der Waals surface area contributed by atoms with Crippen LogP contribution in [-0.4, -0.2) is 17.8 Å². The van der Waals surface area contributed by atoms with Gasteiger partial charge in [-0.25, -0.2) is 0 Å². The molecule has 0 fully saturated rings. The molecule has 0 radical (unpaired) electrons. The fraction of sp³-hybridized carbons (Fsp3) is 0.231. The number of ether oxygens (including phenoxy) is 1. The Morgan fingerprint density at radius 3 is 2.88 bits per heavy atom. The van der Waals surface area contributed by atoms with Crippen molar-refractivity contribution in [3.63, 3.8) is 0 Å². The lowest BCUT2D eigenvalue weighted by molar-refractivity contribution is 0.0686. The van der Waals surface area contributed by atoms with Gasteiger partial charge in [0.1, 0.15) is 18.5 Å². The SMILES string of the molecule is N[C@H]1c2c(ccc3ccccc23)OC[C@H]1O. The van der Waals surface area contributed by atoms with E-state index in [0.29, 0.717) is 0 Å². The van der Waals surface area contributed by atoms with Gasteiger partial charge in [0, 0.05) is 5.56 Å². The Bertz CT molecular complexity index is 538. The lowest BCUT2D eigenvalue weighted by Crippen LogP contribution is -2.35. The van der Waals surface area contributed by atoms with Gasteiger partial charge in [0.05, 0.1) is 6.04 Å². The Morgan fingerprint density at radius 1 is 1.19 bits per heavy atom. The molecule has 1 aliphatic heterocycles. The number of fused-ring (bicyclic) bond motifs is 3. The summed E-state index contributed by atoms with van der Waals surface area (Å²) < 4.78 is 5.48. The molecule has 0 saturated carbocycles. The molecule has 3 rings (SSSR count). The Morgan fingerprint density at radius 2 is 2.00 bits per heavy atom. The second-order valence-corrected chi connectivity index (χ2v) is 4.10. The highest BCUT2D eigenvalue weighted by atomic mass is 16.5. The average Bonchev–Trinajstić information content (AvgIpc) is 2.33. The van der Waals surface area contributed by atoms with E-state index in [0.717, 1.165) is 22.1 Å². The van der Waals surface area contributed by atoms with Crippen LogP contribution in [0, 0.1) is 0 Å². The Balaban J connectivity index is 2.32. The average molecular weight is 215 g/mol. The quantitative estimate of drug-likeness (QED) is 0.701. The van der Waals surface area contributed by atoms with Crippen LogP contribution in [0.4, 0.5) is 0 Å². The van der Waals surface area contributed by atoms with Gasteiger partial charge in [-0.15, -0.1) is 0 Å². The summed E-state index contributed by atoms with van der Waals surface area (Å²) in [6.07, 6.45) is -0.627. The molecule has 0 amide bonds. The smallest absolute Gasteiger partial charge is 0.124 e. The maximum absolute atomic E-state index is 9.73. The number of hydrogen-bond acceptors (Lipinski definition) is 3. The summed E-state index contributed by atoms with van der Waals surface area (Å²) in [4.78, 5) is 0. The molecule has 0 spiro atoms. The Kier molecular flexibility index (Phi) is 2.09. The Hall–Kier alpha value is -1.58. The van der Waals surface area contributed by atoms with Crippen molar-refractivity contribution in [1.29, 1.82) is 0 Å². The summed E-state index contributed by atoms with van der Waals surface area (Å²) in [7, 11) is 0. The molecule has 0 aromatic heterocycles. The maximum Gasteiger partial charge on any atom is 0.124 e. The van der Waals surface area contributed by atoms with Gasteiger partial charge in [0.2, 0.25) is 0 Å². The van der Waals surface area contributed by atoms with Crippen molar-refractivity contribution in [3.8, 4) is 5.75 Å². The van der Waals surface area contributed by atoms with E-state index in [2.05, 4.69) is 0 Å². The van der Waals surface area contributed by atoms with E-state index in [1.807, 2.05) is 36.4 Å². The van der Waals surface area contributed by atoms with Crippen molar-refractivity contribution in [2.45, 2.75) is 12.1 Å². The molecule has 0 saturated heterocycles. The molecular formula is C13H13NO2. The number of aliphatic hydroxyl groups excluding tert-OH is 1. The van der Waals surface area contributed by atoms with Crippen molar-refractivity contribution < 1.29 is 9.84 Å². The number of rotatable bonds is 0. The molecule has 0 aliphatic carbocycles. The minimum absolute atomic E-state index is 0.270. The van der Waals surface area contributed by atoms with Crippen molar-refractivity contribution in [1.82, 2.24) is 0 Å². The van der Waals surface area contributed by atoms with E-state index in [4.69, 9.17) is 10.5 Å². The summed E-state index contributed by atoms with van der Waals surface area (Å²) >= 11 is 0. The van der Waals surface area contributed by atoms with Crippen LogP contribution in [0.25, 0.3) is 10.8 Å². The number of benzene rings is 2. The summed E-state index contributed by atoms with van der Waals surface area (Å²) in [6, 6.07) is 11.6. The summed E-state index contributed by atoms with van der Waals surface area (Å²) in [6.45, 7) is 0.270. The molecule has 0 bridgehead atoms. The fourth-order valence-corrected chi connectivity index (χ4v) is 2.22. The molecule has 1 heterocycles. The van der Waals surface area contributed by atoms with Crippen LogP contribution in [0.1, 0.15) is 11.6 Å². The number of nitrogens with two attached hydrogens (primary N) is 1. The zero-order valence-corrected chi connectivity index (χ0v) is 8.76. The summed E-state index contributed by atoms with van der Waals surface area (Å²) in [5, 5.41) is 11.9. The minimum atomic E-state index is -0.627. The molecular weight excluding hydrogens is 202 g/mol. The van der Waals surface area contributed by atoms with Gasteiger partial charge in [0.25, 0.3) is 0 Å². The third-order valence-electron chi connectivity index (χ3n) is 3.09. The lowest BCUT2D eigenvalue weighted by Gasteiger charge is -2.28. The van der Waals surface area contributed by atoms with Crippen molar-refractivity contribution >= 4 is 10.8 Å². The van der Waals surface area contributed by atoms with Gasteiger partial charge in [-0.05, 0) is 16.8 Å². The summed E-state index contributed by atoms with van der Waals surface area (Å²) in [5.74, 6) is 0.788. The molecule has 16 heavy (non-hydrogen) atoms. The van der Waals surface area contributed by atoms with Crippen LogP contribution in [-0.2, 0) is 0 Å². The zero-order chi connectivity index (χ0) is 11.1. The molecule has 3 nitrogen and oxygen atoms in total. The van der Waals surface area contributed by atoms with Gasteiger partial charge in [0.15, 0.2) is 0 Å². The van der Waals surface area contributed by atoms with Crippen molar-refractivity contribution in [2.24, 2.45) is 5.73 Å². The Labute approximate surface area is 93.4 Å². The van der Waals surface area contributed by atoms with Gasteiger partial charge in [-0.2, -0.15) is 0 Å². The monoisotopic (exact) mass is 215 g/mol. The van der Waals surface area contributed by atoms with E-state index in [9.17, 15) is 5.11 Å². The normalized spacial score (nSPS) is 23.9. The van der Waals surface area contributed by atoms with Gasteiger partial charge in [-0.3, -0.25) is 0 Å². The molecule has 2 aromatic carbocycles. The van der Waals surface area contributed by atoms with Gasteiger partial charge in [-0.1, -0.05) is 30.3 Å². The van der Waals surface area contributed by atoms with E-state index in [1.165, 1.54) is 0 Å². The first-order chi connectivity index (χ1) is 7.77. The number of hydrogen-bond donors (Lipinski definition) is 2. The highest BCUT2D eigenvalue weighted by molar-refractivity contribution is 5.88. The maximum atomic E-state index is 9.73. The minimum Gasteiger partial charge on any atom is -0.490 e. The van der Waals surface area contributed by atoms with Crippen LogP contribution in [0.5, 0.6) is 5.75 Å².